The summed E-state index contributed by atoms with van der Waals surface area (Å²) in [5, 5.41) is 3.08. The minimum atomic E-state index is -0.498. The highest BCUT2D eigenvalue weighted by atomic mass is 19.1. The fraction of sp³-hybridized carbons (Fsp3) is 0.357. The first kappa shape index (κ1) is 14.5. The third-order valence-electron chi connectivity index (χ3n) is 2.76. The van der Waals surface area contributed by atoms with E-state index in [1.54, 1.807) is 6.20 Å². The second-order valence-electron chi connectivity index (χ2n) is 4.19. The van der Waals surface area contributed by atoms with Crippen molar-refractivity contribution in [2.75, 3.05) is 25.1 Å². The SMILES string of the molecule is CCOCCCNc1nccn1-c1cc(F)ccc1F. The highest BCUT2D eigenvalue weighted by Gasteiger charge is 2.10. The molecule has 2 aromatic rings. The summed E-state index contributed by atoms with van der Waals surface area (Å²) in [4.78, 5) is 4.10. The molecule has 0 saturated carbocycles. The smallest absolute Gasteiger partial charge is 0.207 e. The first-order chi connectivity index (χ1) is 9.72. The van der Waals surface area contributed by atoms with Crippen LogP contribution in [-0.4, -0.2) is 29.3 Å². The minimum absolute atomic E-state index is 0.134. The molecular weight excluding hydrogens is 264 g/mol. The van der Waals surface area contributed by atoms with Gasteiger partial charge in [0.2, 0.25) is 5.95 Å². The number of rotatable bonds is 7. The van der Waals surface area contributed by atoms with Gasteiger partial charge in [-0.1, -0.05) is 0 Å². The van der Waals surface area contributed by atoms with Crippen LogP contribution in [0.1, 0.15) is 13.3 Å². The number of aromatic nitrogens is 2. The summed E-state index contributed by atoms with van der Waals surface area (Å²) in [6, 6.07) is 3.33. The molecule has 0 saturated heterocycles. The molecule has 1 aromatic heterocycles. The number of imidazole rings is 1. The van der Waals surface area contributed by atoms with Crippen molar-refractivity contribution in [1.29, 1.82) is 0 Å². The Balaban J connectivity index is 2.06. The Morgan fingerprint density at radius 1 is 1.35 bits per heavy atom. The van der Waals surface area contributed by atoms with E-state index in [0.717, 1.165) is 24.6 Å². The van der Waals surface area contributed by atoms with Crippen LogP contribution in [0.4, 0.5) is 14.7 Å². The van der Waals surface area contributed by atoms with Crippen LogP contribution < -0.4 is 5.32 Å². The number of hydrogen-bond donors (Lipinski definition) is 1. The molecule has 6 heteroatoms. The standard InChI is InChI=1S/C14H17F2N3O/c1-2-20-9-3-6-17-14-18-7-8-19(14)13-10-11(15)4-5-12(13)16/h4-5,7-8,10H,2-3,6,9H2,1H3,(H,17,18). The number of benzene rings is 1. The van der Waals surface area contributed by atoms with Crippen molar-refractivity contribution in [3.05, 3.63) is 42.2 Å². The van der Waals surface area contributed by atoms with E-state index in [9.17, 15) is 8.78 Å². The minimum Gasteiger partial charge on any atom is -0.382 e. The number of nitrogens with zero attached hydrogens (tertiary/aromatic N) is 2. The van der Waals surface area contributed by atoms with Gasteiger partial charge in [-0.15, -0.1) is 0 Å². The topological polar surface area (TPSA) is 39.1 Å². The average molecular weight is 281 g/mol. The van der Waals surface area contributed by atoms with Gasteiger partial charge in [0.05, 0.1) is 5.69 Å². The molecule has 0 aliphatic heterocycles. The van der Waals surface area contributed by atoms with Gasteiger partial charge in [0.25, 0.3) is 0 Å². The summed E-state index contributed by atoms with van der Waals surface area (Å²) in [7, 11) is 0. The molecule has 20 heavy (non-hydrogen) atoms. The second-order valence-corrected chi connectivity index (χ2v) is 4.19. The average Bonchev–Trinajstić information content (AvgIpc) is 2.89. The van der Waals surface area contributed by atoms with Gasteiger partial charge in [0.1, 0.15) is 11.6 Å². The highest BCUT2D eigenvalue weighted by molar-refractivity contribution is 5.42. The van der Waals surface area contributed by atoms with Gasteiger partial charge in [0, 0.05) is 38.2 Å². The summed E-state index contributed by atoms with van der Waals surface area (Å²) in [6.45, 7) is 3.92. The van der Waals surface area contributed by atoms with Crippen molar-refractivity contribution in [1.82, 2.24) is 9.55 Å². The molecule has 0 spiro atoms. The van der Waals surface area contributed by atoms with Crippen LogP contribution in [0.15, 0.2) is 30.6 Å². The molecule has 0 fully saturated rings. The zero-order chi connectivity index (χ0) is 14.4. The Labute approximate surface area is 116 Å². The van der Waals surface area contributed by atoms with Gasteiger partial charge in [-0.05, 0) is 25.5 Å². The summed E-state index contributed by atoms with van der Waals surface area (Å²) in [5.74, 6) is -0.509. The molecule has 0 aliphatic rings. The maximum absolute atomic E-state index is 13.7. The third-order valence-corrected chi connectivity index (χ3v) is 2.76. The zero-order valence-corrected chi connectivity index (χ0v) is 11.3. The number of nitrogens with one attached hydrogen (secondary N) is 1. The van der Waals surface area contributed by atoms with Crippen LogP contribution in [0, 0.1) is 11.6 Å². The molecule has 4 nitrogen and oxygen atoms in total. The van der Waals surface area contributed by atoms with E-state index >= 15 is 0 Å². The monoisotopic (exact) mass is 281 g/mol. The van der Waals surface area contributed by atoms with Gasteiger partial charge >= 0.3 is 0 Å². The fourth-order valence-electron chi connectivity index (χ4n) is 1.82. The van der Waals surface area contributed by atoms with Gasteiger partial charge in [-0.2, -0.15) is 0 Å². The van der Waals surface area contributed by atoms with E-state index in [-0.39, 0.29) is 5.69 Å². The summed E-state index contributed by atoms with van der Waals surface area (Å²) in [5.41, 5.74) is 0.134. The van der Waals surface area contributed by atoms with Gasteiger partial charge in [-0.25, -0.2) is 13.8 Å². The van der Waals surface area contributed by atoms with Crippen LogP contribution in [0.3, 0.4) is 0 Å². The van der Waals surface area contributed by atoms with E-state index in [1.165, 1.54) is 10.8 Å². The van der Waals surface area contributed by atoms with Gasteiger partial charge in [0.15, 0.2) is 0 Å². The molecule has 0 bridgehead atoms. The predicted octanol–water partition coefficient (Wildman–Crippen LogP) is 2.99. The molecule has 0 aliphatic carbocycles. The van der Waals surface area contributed by atoms with Crippen LogP contribution >= 0.6 is 0 Å². The van der Waals surface area contributed by atoms with E-state index in [2.05, 4.69) is 10.3 Å². The molecule has 0 amide bonds. The maximum atomic E-state index is 13.7. The second kappa shape index (κ2) is 7.00. The lowest BCUT2D eigenvalue weighted by Gasteiger charge is -2.10. The first-order valence-electron chi connectivity index (χ1n) is 6.52. The number of hydrogen-bond acceptors (Lipinski definition) is 3. The maximum Gasteiger partial charge on any atom is 0.207 e. The lowest BCUT2D eigenvalue weighted by Crippen LogP contribution is -2.10. The largest absolute Gasteiger partial charge is 0.382 e. The number of ether oxygens (including phenoxy) is 1. The van der Waals surface area contributed by atoms with Crippen LogP contribution in [0.2, 0.25) is 0 Å². The third kappa shape index (κ3) is 3.54. The number of anilines is 1. The van der Waals surface area contributed by atoms with Crippen LogP contribution in [0.25, 0.3) is 5.69 Å². The Bertz CT molecular complexity index is 557. The van der Waals surface area contributed by atoms with E-state index < -0.39 is 11.6 Å². The zero-order valence-electron chi connectivity index (χ0n) is 11.3. The Kier molecular flexibility index (Phi) is 5.06. The molecule has 0 unspecified atom stereocenters. The highest BCUT2D eigenvalue weighted by Crippen LogP contribution is 2.19. The Hall–Kier alpha value is -1.95. The summed E-state index contributed by atoms with van der Waals surface area (Å²) < 4.78 is 33.7. The lowest BCUT2D eigenvalue weighted by atomic mass is 10.3. The first-order valence-corrected chi connectivity index (χ1v) is 6.52. The molecule has 1 heterocycles. The normalized spacial score (nSPS) is 10.8. The fourth-order valence-corrected chi connectivity index (χ4v) is 1.82. The van der Waals surface area contributed by atoms with Gasteiger partial charge < -0.3 is 10.1 Å². The molecular formula is C14H17F2N3O. The van der Waals surface area contributed by atoms with Crippen molar-refractivity contribution in [2.45, 2.75) is 13.3 Å². The molecule has 0 atom stereocenters. The Morgan fingerprint density at radius 2 is 2.20 bits per heavy atom. The molecule has 1 aromatic carbocycles. The van der Waals surface area contributed by atoms with Crippen molar-refractivity contribution in [2.24, 2.45) is 0 Å². The van der Waals surface area contributed by atoms with Crippen LogP contribution in [-0.2, 0) is 4.74 Å². The molecule has 2 rings (SSSR count). The predicted molar refractivity (Wildman–Crippen MR) is 73.1 cm³/mol. The van der Waals surface area contributed by atoms with E-state index in [4.69, 9.17) is 4.74 Å². The van der Waals surface area contributed by atoms with Crippen molar-refractivity contribution >= 4 is 5.95 Å². The number of halogens is 2. The van der Waals surface area contributed by atoms with Crippen molar-refractivity contribution in [3.8, 4) is 5.69 Å². The van der Waals surface area contributed by atoms with Crippen molar-refractivity contribution in [3.63, 3.8) is 0 Å². The van der Waals surface area contributed by atoms with E-state index in [1.807, 2.05) is 6.92 Å². The van der Waals surface area contributed by atoms with Crippen molar-refractivity contribution < 1.29 is 13.5 Å². The van der Waals surface area contributed by atoms with E-state index in [0.29, 0.717) is 25.7 Å². The van der Waals surface area contributed by atoms with Crippen LogP contribution in [0.5, 0.6) is 0 Å². The Morgan fingerprint density at radius 3 is 3.00 bits per heavy atom. The molecule has 1 N–H and O–H groups in total. The summed E-state index contributed by atoms with van der Waals surface area (Å²) in [6.07, 6.45) is 3.93. The molecule has 0 radical (unpaired) electrons. The molecule has 108 valence electrons. The quantitative estimate of drug-likeness (QED) is 0.793. The lowest BCUT2D eigenvalue weighted by molar-refractivity contribution is 0.147. The summed E-state index contributed by atoms with van der Waals surface area (Å²) >= 11 is 0. The van der Waals surface area contributed by atoms with Gasteiger partial charge in [-0.3, -0.25) is 4.57 Å².